The molecule has 2 heterocycles. The van der Waals surface area contributed by atoms with Crippen molar-refractivity contribution in [1.82, 2.24) is 20.5 Å². The zero-order valence-corrected chi connectivity index (χ0v) is 18.8. The molecule has 0 atom stereocenters. The molecule has 144 valence electrons. The number of rotatable bonds is 7. The minimum atomic E-state index is 0. The van der Waals surface area contributed by atoms with Gasteiger partial charge in [-0.25, -0.2) is 4.98 Å². The Morgan fingerprint density at radius 1 is 1.44 bits per heavy atom. The number of piperidine rings is 1. The van der Waals surface area contributed by atoms with Crippen molar-refractivity contribution in [1.29, 1.82) is 0 Å². The summed E-state index contributed by atoms with van der Waals surface area (Å²) in [5, 5.41) is 10.0. The summed E-state index contributed by atoms with van der Waals surface area (Å²) in [6.07, 6.45) is 2.26. The van der Waals surface area contributed by atoms with Gasteiger partial charge in [-0.05, 0) is 12.8 Å². The third kappa shape index (κ3) is 7.63. The Labute approximate surface area is 172 Å². The number of nitrogens with one attached hydrogen (secondary N) is 2. The average Bonchev–Trinajstić information content (AvgIpc) is 3.07. The number of likely N-dealkylation sites (tertiary alicyclic amines) is 1. The number of methoxy groups -OCH3 is 1. The van der Waals surface area contributed by atoms with Gasteiger partial charge < -0.3 is 25.2 Å². The van der Waals surface area contributed by atoms with Crippen LogP contribution in [0.4, 0.5) is 5.13 Å². The second-order valence-corrected chi connectivity index (χ2v) is 7.03. The van der Waals surface area contributed by atoms with Crippen LogP contribution in [0.3, 0.4) is 0 Å². The number of thiazole rings is 1. The summed E-state index contributed by atoms with van der Waals surface area (Å²) in [5.74, 6) is 0.852. The average molecular weight is 482 g/mol. The number of nitrogens with zero attached hydrogens (tertiary/aromatic N) is 4. The van der Waals surface area contributed by atoms with Gasteiger partial charge in [0.2, 0.25) is 0 Å². The van der Waals surface area contributed by atoms with Crippen LogP contribution < -0.4 is 15.5 Å². The van der Waals surface area contributed by atoms with E-state index in [4.69, 9.17) is 4.74 Å². The maximum absolute atomic E-state index is 5.15. The molecule has 1 aromatic rings. The van der Waals surface area contributed by atoms with Gasteiger partial charge >= 0.3 is 0 Å². The molecular weight excluding hydrogens is 451 g/mol. The molecule has 0 unspecified atom stereocenters. The predicted molar refractivity (Wildman–Crippen MR) is 117 cm³/mol. The van der Waals surface area contributed by atoms with Crippen LogP contribution in [0.25, 0.3) is 0 Å². The van der Waals surface area contributed by atoms with E-state index >= 15 is 0 Å². The molecule has 9 heteroatoms. The van der Waals surface area contributed by atoms with Crippen molar-refractivity contribution < 1.29 is 4.74 Å². The number of hydrogen-bond acceptors (Lipinski definition) is 6. The highest BCUT2D eigenvalue weighted by molar-refractivity contribution is 14.0. The number of ether oxygens (including phenoxy) is 1. The lowest BCUT2D eigenvalue weighted by Crippen LogP contribution is -2.48. The summed E-state index contributed by atoms with van der Waals surface area (Å²) in [7, 11) is 7.59. The van der Waals surface area contributed by atoms with E-state index in [0.29, 0.717) is 12.6 Å². The Bertz CT molecular complexity index is 516. The van der Waals surface area contributed by atoms with Crippen molar-refractivity contribution in [3.63, 3.8) is 0 Å². The fourth-order valence-electron chi connectivity index (χ4n) is 2.67. The van der Waals surface area contributed by atoms with E-state index in [1.54, 1.807) is 18.4 Å². The predicted octanol–water partition coefficient (Wildman–Crippen LogP) is 1.60. The lowest BCUT2D eigenvalue weighted by molar-refractivity contribution is 0.128. The first-order valence-electron chi connectivity index (χ1n) is 8.42. The van der Waals surface area contributed by atoms with Crippen LogP contribution in [0.2, 0.25) is 0 Å². The molecule has 1 saturated heterocycles. The molecule has 0 amide bonds. The molecule has 0 bridgehead atoms. The summed E-state index contributed by atoms with van der Waals surface area (Å²) in [5.41, 5.74) is 1.04. The van der Waals surface area contributed by atoms with Crippen molar-refractivity contribution in [2.75, 3.05) is 59.4 Å². The van der Waals surface area contributed by atoms with Crippen LogP contribution in [-0.2, 0) is 11.3 Å². The summed E-state index contributed by atoms with van der Waals surface area (Å²) in [6.45, 7) is 4.74. The van der Waals surface area contributed by atoms with Crippen molar-refractivity contribution in [3.8, 4) is 0 Å². The van der Waals surface area contributed by atoms with E-state index in [-0.39, 0.29) is 24.0 Å². The second-order valence-electron chi connectivity index (χ2n) is 6.19. The fraction of sp³-hybridized carbons (Fsp3) is 0.750. The molecule has 2 rings (SSSR count). The Hall–Kier alpha value is -0.650. The molecular formula is C16H31IN6OS. The maximum atomic E-state index is 5.15. The zero-order chi connectivity index (χ0) is 17.4. The monoisotopic (exact) mass is 482 g/mol. The van der Waals surface area contributed by atoms with E-state index in [9.17, 15) is 0 Å². The van der Waals surface area contributed by atoms with Crippen molar-refractivity contribution in [2.45, 2.75) is 25.4 Å². The third-order valence-electron chi connectivity index (χ3n) is 4.12. The highest BCUT2D eigenvalue weighted by Gasteiger charge is 2.19. The summed E-state index contributed by atoms with van der Waals surface area (Å²) in [6, 6.07) is 0.475. The van der Waals surface area contributed by atoms with Crippen molar-refractivity contribution in [2.24, 2.45) is 4.99 Å². The molecule has 2 N–H and O–H groups in total. The van der Waals surface area contributed by atoms with Crippen LogP contribution in [-0.4, -0.2) is 76.4 Å². The van der Waals surface area contributed by atoms with Crippen LogP contribution >= 0.6 is 35.3 Å². The second kappa shape index (κ2) is 11.9. The topological polar surface area (TPSA) is 65.0 Å². The van der Waals surface area contributed by atoms with E-state index in [1.165, 1.54) is 0 Å². The molecule has 1 fully saturated rings. The molecule has 25 heavy (non-hydrogen) atoms. The summed E-state index contributed by atoms with van der Waals surface area (Å²) in [4.78, 5) is 13.4. The van der Waals surface area contributed by atoms with Crippen molar-refractivity contribution >= 4 is 46.4 Å². The lowest BCUT2D eigenvalue weighted by atomic mass is 10.1. The normalized spacial score (nSPS) is 16.4. The Kier molecular flexibility index (Phi) is 10.6. The number of guanidine groups is 1. The fourth-order valence-corrected chi connectivity index (χ4v) is 3.42. The van der Waals surface area contributed by atoms with Crippen LogP contribution in [0.15, 0.2) is 10.4 Å². The number of aliphatic imine (C=N–C) groups is 1. The summed E-state index contributed by atoms with van der Waals surface area (Å²) < 4.78 is 5.15. The van der Waals surface area contributed by atoms with Gasteiger partial charge in [0.25, 0.3) is 0 Å². The van der Waals surface area contributed by atoms with Crippen LogP contribution in [0.5, 0.6) is 0 Å². The van der Waals surface area contributed by atoms with E-state index in [0.717, 1.165) is 55.9 Å². The first kappa shape index (κ1) is 22.4. The van der Waals surface area contributed by atoms with Crippen LogP contribution in [0, 0.1) is 0 Å². The minimum Gasteiger partial charge on any atom is -0.383 e. The van der Waals surface area contributed by atoms with E-state index < -0.39 is 0 Å². The molecule has 0 radical (unpaired) electrons. The lowest BCUT2D eigenvalue weighted by Gasteiger charge is -2.32. The van der Waals surface area contributed by atoms with Gasteiger partial charge in [0.05, 0.1) is 18.8 Å². The number of aromatic nitrogens is 1. The molecule has 0 aliphatic carbocycles. The Morgan fingerprint density at radius 3 is 2.72 bits per heavy atom. The summed E-state index contributed by atoms with van der Waals surface area (Å²) >= 11 is 1.66. The van der Waals surface area contributed by atoms with Gasteiger partial charge in [0, 0.05) is 59.3 Å². The van der Waals surface area contributed by atoms with Gasteiger partial charge in [-0.1, -0.05) is 0 Å². The van der Waals surface area contributed by atoms with Crippen molar-refractivity contribution in [3.05, 3.63) is 11.1 Å². The molecule has 1 aromatic heterocycles. The quantitative estimate of drug-likeness (QED) is 0.350. The van der Waals surface area contributed by atoms with Gasteiger partial charge in [-0.15, -0.1) is 35.3 Å². The molecule has 1 aliphatic heterocycles. The third-order valence-corrected chi connectivity index (χ3v) is 5.18. The number of anilines is 1. The Morgan fingerprint density at radius 2 is 2.16 bits per heavy atom. The van der Waals surface area contributed by atoms with E-state index in [1.807, 2.05) is 26.0 Å². The van der Waals surface area contributed by atoms with Gasteiger partial charge in [-0.3, -0.25) is 4.99 Å². The maximum Gasteiger partial charge on any atom is 0.191 e. The first-order valence-corrected chi connectivity index (χ1v) is 9.30. The van der Waals surface area contributed by atoms with E-state index in [2.05, 4.69) is 30.9 Å². The molecule has 1 aliphatic rings. The van der Waals surface area contributed by atoms with Gasteiger partial charge in [-0.2, -0.15) is 0 Å². The zero-order valence-electron chi connectivity index (χ0n) is 15.6. The Balaban J connectivity index is 0.00000312. The molecule has 0 aromatic carbocycles. The number of hydrogen-bond donors (Lipinski definition) is 2. The standard InChI is InChI=1S/C16H30N6OS.HI/c1-17-15(18-11-14-12-24-16(20-14)21(2)3)19-13-5-7-22(8-6-13)9-10-23-4;/h12-13H,5-11H2,1-4H3,(H2,17,18,19);1H. The highest BCUT2D eigenvalue weighted by atomic mass is 127. The largest absolute Gasteiger partial charge is 0.383 e. The van der Waals surface area contributed by atoms with Gasteiger partial charge in [0.15, 0.2) is 11.1 Å². The molecule has 0 spiro atoms. The number of halogens is 1. The molecule has 0 saturated carbocycles. The van der Waals surface area contributed by atoms with Gasteiger partial charge in [0.1, 0.15) is 0 Å². The van der Waals surface area contributed by atoms with Crippen LogP contribution in [0.1, 0.15) is 18.5 Å². The smallest absolute Gasteiger partial charge is 0.191 e. The highest BCUT2D eigenvalue weighted by Crippen LogP contribution is 2.17. The first-order chi connectivity index (χ1) is 11.6. The SMILES string of the molecule is CN=C(NCc1csc(N(C)C)n1)NC1CCN(CCOC)CC1.I. The minimum absolute atomic E-state index is 0. The molecule has 7 nitrogen and oxygen atoms in total.